The Bertz CT molecular complexity index is 611. The second kappa shape index (κ2) is 8.18. The molecule has 3 rings (SSSR count). The van der Waals surface area contributed by atoms with E-state index in [1.54, 1.807) is 0 Å². The summed E-state index contributed by atoms with van der Waals surface area (Å²) in [5, 5.41) is 3.48. The predicted molar refractivity (Wildman–Crippen MR) is 102 cm³/mol. The minimum Gasteiger partial charge on any atom is -0.314 e. The molecule has 24 heavy (non-hydrogen) atoms. The standard InChI is InChI=1S/C20H28N4/c1-3-20(24-14-13-21-15-16(24)2)17-9-11-19(12-10-17)23-22-18-7-5-4-6-8-18/h4-12,16,20-23H,3,13-15H2,1-2H3. The van der Waals surface area contributed by atoms with Gasteiger partial charge in [-0.15, -0.1) is 0 Å². The van der Waals surface area contributed by atoms with Crippen LogP contribution >= 0.6 is 0 Å². The van der Waals surface area contributed by atoms with Gasteiger partial charge in [0.15, 0.2) is 0 Å². The van der Waals surface area contributed by atoms with E-state index in [9.17, 15) is 0 Å². The number of anilines is 2. The Morgan fingerprint density at radius 3 is 2.33 bits per heavy atom. The number of nitrogens with zero attached hydrogens (tertiary/aromatic N) is 1. The van der Waals surface area contributed by atoms with Crippen LogP contribution in [0.25, 0.3) is 0 Å². The van der Waals surface area contributed by atoms with Crippen LogP contribution < -0.4 is 16.2 Å². The molecule has 1 aliphatic heterocycles. The molecule has 128 valence electrons. The van der Waals surface area contributed by atoms with Crippen molar-refractivity contribution in [1.29, 1.82) is 0 Å². The zero-order valence-corrected chi connectivity index (χ0v) is 14.6. The Morgan fingerprint density at radius 2 is 1.71 bits per heavy atom. The van der Waals surface area contributed by atoms with Crippen molar-refractivity contribution in [2.75, 3.05) is 30.5 Å². The highest BCUT2D eigenvalue weighted by Crippen LogP contribution is 2.27. The fourth-order valence-corrected chi connectivity index (χ4v) is 3.44. The van der Waals surface area contributed by atoms with Crippen LogP contribution in [0.4, 0.5) is 11.4 Å². The van der Waals surface area contributed by atoms with Crippen LogP contribution in [0.3, 0.4) is 0 Å². The van der Waals surface area contributed by atoms with Gasteiger partial charge in [0.25, 0.3) is 0 Å². The average Bonchev–Trinajstić information content (AvgIpc) is 2.64. The quantitative estimate of drug-likeness (QED) is 0.705. The summed E-state index contributed by atoms with van der Waals surface area (Å²) >= 11 is 0. The van der Waals surface area contributed by atoms with Crippen LogP contribution in [0.5, 0.6) is 0 Å². The molecule has 2 atom stereocenters. The number of hydrogen-bond donors (Lipinski definition) is 3. The first kappa shape index (κ1) is 16.8. The van der Waals surface area contributed by atoms with Crippen LogP contribution in [0.1, 0.15) is 31.9 Å². The average molecular weight is 324 g/mol. The van der Waals surface area contributed by atoms with Gasteiger partial charge in [-0.3, -0.25) is 4.90 Å². The maximum atomic E-state index is 3.48. The highest BCUT2D eigenvalue weighted by atomic mass is 15.4. The second-order valence-electron chi connectivity index (χ2n) is 6.45. The molecule has 0 saturated carbocycles. The molecule has 2 aromatic carbocycles. The summed E-state index contributed by atoms with van der Waals surface area (Å²) in [5.74, 6) is 0. The fourth-order valence-electron chi connectivity index (χ4n) is 3.44. The second-order valence-corrected chi connectivity index (χ2v) is 6.45. The molecule has 0 radical (unpaired) electrons. The Morgan fingerprint density at radius 1 is 1.04 bits per heavy atom. The third-order valence-electron chi connectivity index (χ3n) is 4.76. The van der Waals surface area contributed by atoms with E-state index in [2.05, 4.69) is 59.2 Å². The van der Waals surface area contributed by atoms with Crippen molar-refractivity contribution in [3.8, 4) is 0 Å². The Hall–Kier alpha value is -2.04. The smallest absolute Gasteiger partial charge is 0.0540 e. The Kier molecular flexibility index (Phi) is 5.72. The lowest BCUT2D eigenvalue weighted by Gasteiger charge is -2.40. The van der Waals surface area contributed by atoms with E-state index >= 15 is 0 Å². The van der Waals surface area contributed by atoms with Crippen molar-refractivity contribution in [2.24, 2.45) is 0 Å². The van der Waals surface area contributed by atoms with Crippen molar-refractivity contribution < 1.29 is 0 Å². The highest BCUT2D eigenvalue weighted by molar-refractivity contribution is 5.52. The number of piperazine rings is 1. The van der Waals surface area contributed by atoms with E-state index in [1.807, 2.05) is 30.3 Å². The molecule has 2 unspecified atom stereocenters. The fraction of sp³-hybridized carbons (Fsp3) is 0.400. The normalized spacial score (nSPS) is 19.7. The molecule has 1 aliphatic rings. The lowest BCUT2D eigenvalue weighted by molar-refractivity contribution is 0.113. The van der Waals surface area contributed by atoms with Crippen LogP contribution in [0.15, 0.2) is 54.6 Å². The first-order valence-corrected chi connectivity index (χ1v) is 8.91. The van der Waals surface area contributed by atoms with Gasteiger partial charge in [0.05, 0.1) is 11.4 Å². The molecule has 2 aromatic rings. The van der Waals surface area contributed by atoms with Crippen molar-refractivity contribution in [3.63, 3.8) is 0 Å². The third-order valence-corrected chi connectivity index (χ3v) is 4.76. The molecule has 1 fully saturated rings. The minimum atomic E-state index is 0.498. The van der Waals surface area contributed by atoms with Crippen molar-refractivity contribution in [1.82, 2.24) is 10.2 Å². The van der Waals surface area contributed by atoms with Gasteiger partial charge in [0, 0.05) is 31.7 Å². The topological polar surface area (TPSA) is 39.3 Å². The van der Waals surface area contributed by atoms with Gasteiger partial charge in [-0.2, -0.15) is 0 Å². The molecule has 4 nitrogen and oxygen atoms in total. The molecule has 3 N–H and O–H groups in total. The molecule has 1 heterocycles. The van der Waals surface area contributed by atoms with E-state index < -0.39 is 0 Å². The van der Waals surface area contributed by atoms with Crippen LogP contribution in [-0.2, 0) is 0 Å². The van der Waals surface area contributed by atoms with Crippen molar-refractivity contribution in [2.45, 2.75) is 32.4 Å². The molecular weight excluding hydrogens is 296 g/mol. The van der Waals surface area contributed by atoms with Crippen LogP contribution in [-0.4, -0.2) is 30.6 Å². The van der Waals surface area contributed by atoms with E-state index in [0.29, 0.717) is 12.1 Å². The van der Waals surface area contributed by atoms with Crippen LogP contribution in [0.2, 0.25) is 0 Å². The number of hydrazine groups is 1. The number of rotatable bonds is 6. The summed E-state index contributed by atoms with van der Waals surface area (Å²) in [6, 6.07) is 20.0. The summed E-state index contributed by atoms with van der Waals surface area (Å²) < 4.78 is 0. The van der Waals surface area contributed by atoms with Gasteiger partial charge >= 0.3 is 0 Å². The lowest BCUT2D eigenvalue weighted by atomic mass is 9.99. The highest BCUT2D eigenvalue weighted by Gasteiger charge is 2.25. The lowest BCUT2D eigenvalue weighted by Crippen LogP contribution is -2.50. The molecule has 0 aromatic heterocycles. The van der Waals surface area contributed by atoms with E-state index in [4.69, 9.17) is 0 Å². The van der Waals surface area contributed by atoms with Crippen molar-refractivity contribution >= 4 is 11.4 Å². The Labute approximate surface area is 145 Å². The third kappa shape index (κ3) is 4.08. The van der Waals surface area contributed by atoms with E-state index in [1.165, 1.54) is 5.56 Å². The van der Waals surface area contributed by atoms with Gasteiger partial charge in [-0.25, -0.2) is 0 Å². The predicted octanol–water partition coefficient (Wildman–Crippen LogP) is 3.87. The maximum absolute atomic E-state index is 3.48. The molecule has 0 bridgehead atoms. The minimum absolute atomic E-state index is 0.498. The van der Waals surface area contributed by atoms with Crippen molar-refractivity contribution in [3.05, 3.63) is 60.2 Å². The van der Waals surface area contributed by atoms with Gasteiger partial charge < -0.3 is 16.2 Å². The summed E-state index contributed by atoms with van der Waals surface area (Å²) in [6.45, 7) is 7.88. The summed E-state index contributed by atoms with van der Waals surface area (Å²) in [7, 11) is 0. The molecule has 1 saturated heterocycles. The van der Waals surface area contributed by atoms with Gasteiger partial charge in [0.1, 0.15) is 0 Å². The van der Waals surface area contributed by atoms with Gasteiger partial charge in [0.2, 0.25) is 0 Å². The Balaban J connectivity index is 1.64. The van der Waals surface area contributed by atoms with E-state index in [0.717, 1.165) is 37.4 Å². The monoisotopic (exact) mass is 324 g/mol. The number of para-hydroxylation sites is 1. The van der Waals surface area contributed by atoms with Gasteiger partial charge in [-0.05, 0) is 43.2 Å². The molecule has 0 aliphatic carbocycles. The first-order chi connectivity index (χ1) is 11.8. The maximum Gasteiger partial charge on any atom is 0.0540 e. The molecule has 0 spiro atoms. The number of benzene rings is 2. The largest absolute Gasteiger partial charge is 0.314 e. The van der Waals surface area contributed by atoms with Gasteiger partial charge in [-0.1, -0.05) is 37.3 Å². The number of hydrogen-bond acceptors (Lipinski definition) is 4. The van der Waals surface area contributed by atoms with Crippen LogP contribution in [0, 0.1) is 0 Å². The molecular formula is C20H28N4. The zero-order valence-electron chi connectivity index (χ0n) is 14.6. The summed E-state index contributed by atoms with van der Waals surface area (Å²) in [4.78, 5) is 2.63. The molecule has 4 heteroatoms. The SMILES string of the molecule is CCC(c1ccc(NNc2ccccc2)cc1)N1CCNCC1C. The summed E-state index contributed by atoms with van der Waals surface area (Å²) in [5.41, 5.74) is 10.0. The molecule has 0 amide bonds. The van der Waals surface area contributed by atoms with E-state index in [-0.39, 0.29) is 0 Å². The zero-order chi connectivity index (χ0) is 16.8. The number of nitrogens with one attached hydrogen (secondary N) is 3. The summed E-state index contributed by atoms with van der Waals surface area (Å²) in [6.07, 6.45) is 1.14. The first-order valence-electron chi connectivity index (χ1n) is 8.91.